The van der Waals surface area contributed by atoms with Crippen molar-refractivity contribution in [3.8, 4) is 0 Å². The van der Waals surface area contributed by atoms with Crippen LogP contribution in [0.15, 0.2) is 12.1 Å². The molecular formula is C21H30F2O. The number of hydrogen-bond acceptors (Lipinski definition) is 1. The molecule has 0 aromatic heterocycles. The van der Waals surface area contributed by atoms with Crippen LogP contribution in [0.4, 0.5) is 8.78 Å². The zero-order chi connectivity index (χ0) is 17.1. The van der Waals surface area contributed by atoms with Gasteiger partial charge in [-0.1, -0.05) is 31.9 Å². The summed E-state index contributed by atoms with van der Waals surface area (Å²) in [7, 11) is 1.50. The minimum Gasteiger partial charge on any atom is -0.380 e. The standard InChI is InChI=1S/C21H30F2O/c1-14-3-5-15(6-4-14)16-7-9-17(10-8-16)19-12-11-18(13-24-2)20(22)21(19)23/h11-12,14-17H,3-10,13H2,1-2H3. The van der Waals surface area contributed by atoms with Crippen LogP contribution in [0.3, 0.4) is 0 Å². The molecule has 0 heterocycles. The molecule has 0 N–H and O–H groups in total. The van der Waals surface area contributed by atoms with E-state index in [1.807, 2.05) is 0 Å². The predicted molar refractivity (Wildman–Crippen MR) is 92.9 cm³/mol. The van der Waals surface area contributed by atoms with Crippen LogP contribution in [-0.2, 0) is 11.3 Å². The van der Waals surface area contributed by atoms with E-state index >= 15 is 0 Å². The Morgan fingerprint density at radius 2 is 1.46 bits per heavy atom. The second kappa shape index (κ2) is 7.95. The maximum absolute atomic E-state index is 14.4. The molecule has 2 aliphatic rings. The first-order valence-corrected chi connectivity index (χ1v) is 9.55. The van der Waals surface area contributed by atoms with Crippen LogP contribution >= 0.6 is 0 Å². The van der Waals surface area contributed by atoms with E-state index in [4.69, 9.17) is 4.74 Å². The van der Waals surface area contributed by atoms with E-state index in [0.717, 1.165) is 30.6 Å². The quantitative estimate of drug-likeness (QED) is 0.635. The number of benzene rings is 1. The maximum Gasteiger partial charge on any atom is 0.164 e. The third-order valence-corrected chi connectivity index (χ3v) is 6.43. The Kier molecular flexibility index (Phi) is 5.91. The van der Waals surface area contributed by atoms with Gasteiger partial charge in [0, 0.05) is 12.7 Å². The van der Waals surface area contributed by atoms with Crippen molar-refractivity contribution in [2.24, 2.45) is 17.8 Å². The first-order valence-electron chi connectivity index (χ1n) is 9.55. The molecule has 0 spiro atoms. The van der Waals surface area contributed by atoms with E-state index < -0.39 is 11.6 Å². The first-order chi connectivity index (χ1) is 11.6. The van der Waals surface area contributed by atoms with Crippen molar-refractivity contribution in [2.75, 3.05) is 7.11 Å². The molecule has 0 saturated heterocycles. The van der Waals surface area contributed by atoms with Gasteiger partial charge in [-0.2, -0.15) is 0 Å². The Morgan fingerprint density at radius 1 is 0.875 bits per heavy atom. The van der Waals surface area contributed by atoms with Crippen LogP contribution in [0.5, 0.6) is 0 Å². The first kappa shape index (κ1) is 17.8. The fraction of sp³-hybridized carbons (Fsp3) is 0.714. The fourth-order valence-corrected chi connectivity index (χ4v) is 4.85. The molecule has 0 bridgehead atoms. The Balaban J connectivity index is 1.61. The van der Waals surface area contributed by atoms with E-state index in [1.165, 1.54) is 45.6 Å². The van der Waals surface area contributed by atoms with Crippen molar-refractivity contribution in [2.45, 2.75) is 70.8 Å². The van der Waals surface area contributed by atoms with Gasteiger partial charge in [0.05, 0.1) is 6.61 Å². The maximum atomic E-state index is 14.4. The second-order valence-electron chi connectivity index (χ2n) is 8.01. The van der Waals surface area contributed by atoms with Gasteiger partial charge in [0.15, 0.2) is 11.6 Å². The highest BCUT2D eigenvalue weighted by molar-refractivity contribution is 5.29. The average Bonchev–Trinajstić information content (AvgIpc) is 2.60. The van der Waals surface area contributed by atoms with Crippen molar-refractivity contribution in [1.82, 2.24) is 0 Å². The minimum absolute atomic E-state index is 0.121. The molecule has 2 saturated carbocycles. The van der Waals surface area contributed by atoms with Gasteiger partial charge in [-0.3, -0.25) is 0 Å². The lowest BCUT2D eigenvalue weighted by molar-refractivity contribution is 0.164. The van der Waals surface area contributed by atoms with Gasteiger partial charge in [-0.05, 0) is 67.8 Å². The topological polar surface area (TPSA) is 9.23 Å². The third kappa shape index (κ3) is 3.82. The van der Waals surface area contributed by atoms with Crippen LogP contribution in [0, 0.1) is 29.4 Å². The summed E-state index contributed by atoms with van der Waals surface area (Å²) in [5.74, 6) is 1.36. The highest BCUT2D eigenvalue weighted by Gasteiger charge is 2.31. The highest BCUT2D eigenvalue weighted by atomic mass is 19.2. The molecule has 0 aliphatic heterocycles. The molecule has 1 aromatic carbocycles. The predicted octanol–water partition coefficient (Wildman–Crippen LogP) is 6.21. The molecule has 0 amide bonds. The third-order valence-electron chi connectivity index (χ3n) is 6.43. The molecule has 134 valence electrons. The zero-order valence-electron chi connectivity index (χ0n) is 15.0. The number of methoxy groups -OCH3 is 1. The van der Waals surface area contributed by atoms with Crippen molar-refractivity contribution >= 4 is 0 Å². The monoisotopic (exact) mass is 336 g/mol. The van der Waals surface area contributed by atoms with Gasteiger partial charge in [0.2, 0.25) is 0 Å². The molecule has 0 atom stereocenters. The van der Waals surface area contributed by atoms with E-state index in [2.05, 4.69) is 6.92 Å². The lowest BCUT2D eigenvalue weighted by atomic mass is 9.68. The van der Waals surface area contributed by atoms with Gasteiger partial charge in [0.25, 0.3) is 0 Å². The van der Waals surface area contributed by atoms with Gasteiger partial charge in [0.1, 0.15) is 0 Å². The van der Waals surface area contributed by atoms with Crippen molar-refractivity contribution in [1.29, 1.82) is 0 Å². The molecule has 3 heteroatoms. The number of hydrogen-bond donors (Lipinski definition) is 0. The van der Waals surface area contributed by atoms with Crippen molar-refractivity contribution in [3.05, 3.63) is 34.9 Å². The summed E-state index contributed by atoms with van der Waals surface area (Å²) in [6.07, 6.45) is 9.80. The second-order valence-corrected chi connectivity index (χ2v) is 8.01. The van der Waals surface area contributed by atoms with Crippen molar-refractivity contribution < 1.29 is 13.5 Å². The normalized spacial score (nSPS) is 31.2. The molecule has 0 radical (unpaired) electrons. The summed E-state index contributed by atoms with van der Waals surface area (Å²) in [6.45, 7) is 2.48. The molecule has 2 aliphatic carbocycles. The van der Waals surface area contributed by atoms with E-state index in [1.54, 1.807) is 12.1 Å². The lowest BCUT2D eigenvalue weighted by Crippen LogP contribution is -2.25. The summed E-state index contributed by atoms with van der Waals surface area (Å²) in [5.41, 5.74) is 0.881. The number of halogens is 2. The Hall–Kier alpha value is -0.960. The zero-order valence-corrected chi connectivity index (χ0v) is 15.0. The number of ether oxygens (including phenoxy) is 1. The minimum atomic E-state index is -0.724. The van der Waals surface area contributed by atoms with E-state index in [0.29, 0.717) is 11.1 Å². The summed E-state index contributed by atoms with van der Waals surface area (Å²) in [5, 5.41) is 0. The van der Waals surface area contributed by atoms with Crippen LogP contribution < -0.4 is 0 Å². The summed E-state index contributed by atoms with van der Waals surface area (Å²) in [4.78, 5) is 0. The lowest BCUT2D eigenvalue weighted by Gasteiger charge is -2.37. The van der Waals surface area contributed by atoms with Crippen LogP contribution in [-0.4, -0.2) is 7.11 Å². The largest absolute Gasteiger partial charge is 0.380 e. The Bertz CT molecular complexity index is 541. The summed E-state index contributed by atoms with van der Waals surface area (Å²) in [6, 6.07) is 3.46. The van der Waals surface area contributed by atoms with Crippen LogP contribution in [0.1, 0.15) is 75.3 Å². The molecule has 1 aromatic rings. The van der Waals surface area contributed by atoms with Gasteiger partial charge >= 0.3 is 0 Å². The molecular weight excluding hydrogens is 306 g/mol. The SMILES string of the molecule is COCc1ccc(C2CCC(C3CCC(C)CC3)CC2)c(F)c1F. The van der Waals surface area contributed by atoms with Crippen LogP contribution in [0.2, 0.25) is 0 Å². The van der Waals surface area contributed by atoms with Gasteiger partial charge < -0.3 is 4.74 Å². The highest BCUT2D eigenvalue weighted by Crippen LogP contribution is 2.44. The molecule has 24 heavy (non-hydrogen) atoms. The molecule has 3 rings (SSSR count). The Morgan fingerprint density at radius 3 is 2.04 bits per heavy atom. The Labute approximate surface area is 144 Å². The van der Waals surface area contributed by atoms with E-state index in [-0.39, 0.29) is 12.5 Å². The smallest absolute Gasteiger partial charge is 0.164 e. The summed E-state index contributed by atoms with van der Waals surface area (Å²) >= 11 is 0. The van der Waals surface area contributed by atoms with Crippen molar-refractivity contribution in [3.63, 3.8) is 0 Å². The average molecular weight is 336 g/mol. The van der Waals surface area contributed by atoms with Crippen LogP contribution in [0.25, 0.3) is 0 Å². The van der Waals surface area contributed by atoms with E-state index in [9.17, 15) is 8.78 Å². The molecule has 0 unspecified atom stereocenters. The van der Waals surface area contributed by atoms with Gasteiger partial charge in [-0.15, -0.1) is 0 Å². The molecule has 2 fully saturated rings. The number of rotatable bonds is 4. The fourth-order valence-electron chi connectivity index (χ4n) is 4.85. The molecule has 1 nitrogen and oxygen atoms in total. The van der Waals surface area contributed by atoms with Gasteiger partial charge in [-0.25, -0.2) is 8.78 Å². The summed E-state index contributed by atoms with van der Waals surface area (Å²) < 4.78 is 33.5.